The molecule has 0 aromatic heterocycles. The van der Waals surface area contributed by atoms with Gasteiger partial charge in [-0.3, -0.25) is 9.69 Å². The van der Waals surface area contributed by atoms with E-state index in [0.717, 1.165) is 38.9 Å². The van der Waals surface area contributed by atoms with E-state index in [4.69, 9.17) is 0 Å². The van der Waals surface area contributed by atoms with Crippen molar-refractivity contribution in [3.8, 4) is 0 Å². The molecule has 1 amide bonds. The third kappa shape index (κ3) is 3.68. The first-order valence-corrected chi connectivity index (χ1v) is 8.92. The van der Waals surface area contributed by atoms with Gasteiger partial charge in [-0.25, -0.2) is 0 Å². The van der Waals surface area contributed by atoms with Crippen molar-refractivity contribution in [3.05, 3.63) is 70.8 Å². The molecule has 0 spiro atoms. The maximum atomic E-state index is 11.7. The van der Waals surface area contributed by atoms with E-state index in [1.54, 1.807) is 0 Å². The Labute approximate surface area is 143 Å². The summed E-state index contributed by atoms with van der Waals surface area (Å²) in [7, 11) is 0. The lowest BCUT2D eigenvalue weighted by Crippen LogP contribution is -2.30. The second-order valence-electron chi connectivity index (χ2n) is 7.04. The minimum absolute atomic E-state index is 0.214. The van der Waals surface area contributed by atoms with E-state index in [0.29, 0.717) is 6.54 Å². The highest BCUT2D eigenvalue weighted by Crippen LogP contribution is 2.28. The molecule has 124 valence electrons. The molecule has 1 saturated carbocycles. The molecular weight excluding hydrogens is 296 g/mol. The molecule has 24 heavy (non-hydrogen) atoms. The zero-order chi connectivity index (χ0) is 16.4. The first kappa shape index (κ1) is 15.4. The highest BCUT2D eigenvalue weighted by Gasteiger charge is 2.29. The van der Waals surface area contributed by atoms with Gasteiger partial charge in [0.1, 0.15) is 0 Å². The summed E-state index contributed by atoms with van der Waals surface area (Å²) in [6.07, 6.45) is 3.26. The SMILES string of the molecule is O=C(NCc1ccc(CN2CCc3ccccc3C2)cc1)C1CC1. The van der Waals surface area contributed by atoms with Gasteiger partial charge in [0.2, 0.25) is 5.91 Å². The molecule has 0 unspecified atom stereocenters. The van der Waals surface area contributed by atoms with Crippen molar-refractivity contribution in [2.45, 2.75) is 38.9 Å². The molecular formula is C21H24N2O. The molecule has 0 bridgehead atoms. The van der Waals surface area contributed by atoms with Crippen molar-refractivity contribution >= 4 is 5.91 Å². The van der Waals surface area contributed by atoms with Gasteiger partial charge in [0.15, 0.2) is 0 Å². The maximum absolute atomic E-state index is 11.7. The lowest BCUT2D eigenvalue weighted by molar-refractivity contribution is -0.122. The Bertz CT molecular complexity index is 719. The number of carbonyl (C=O) groups is 1. The number of amides is 1. The molecule has 0 radical (unpaired) electrons. The van der Waals surface area contributed by atoms with Gasteiger partial charge in [-0.15, -0.1) is 0 Å². The smallest absolute Gasteiger partial charge is 0.223 e. The number of nitrogens with zero attached hydrogens (tertiary/aromatic N) is 1. The lowest BCUT2D eigenvalue weighted by Gasteiger charge is -2.28. The number of nitrogens with one attached hydrogen (secondary N) is 1. The maximum Gasteiger partial charge on any atom is 0.223 e. The lowest BCUT2D eigenvalue weighted by atomic mass is 9.99. The topological polar surface area (TPSA) is 32.3 Å². The van der Waals surface area contributed by atoms with Gasteiger partial charge in [0, 0.05) is 32.1 Å². The van der Waals surface area contributed by atoms with Crippen LogP contribution in [0.2, 0.25) is 0 Å². The largest absolute Gasteiger partial charge is 0.352 e. The third-order valence-electron chi connectivity index (χ3n) is 5.05. The average Bonchev–Trinajstić information content (AvgIpc) is 3.46. The number of fused-ring (bicyclic) bond motifs is 1. The molecule has 1 N–H and O–H groups in total. The summed E-state index contributed by atoms with van der Waals surface area (Å²) in [5, 5.41) is 3.02. The standard InChI is InChI=1S/C21H24N2O/c24-21(19-9-10-19)22-13-16-5-7-17(8-6-16)14-23-12-11-18-3-1-2-4-20(18)15-23/h1-8,19H,9-15H2,(H,22,24). The zero-order valence-corrected chi connectivity index (χ0v) is 14.0. The van der Waals surface area contributed by atoms with Crippen molar-refractivity contribution in [1.29, 1.82) is 0 Å². The van der Waals surface area contributed by atoms with E-state index in [1.807, 2.05) is 0 Å². The van der Waals surface area contributed by atoms with Crippen LogP contribution in [-0.2, 0) is 30.8 Å². The summed E-state index contributed by atoms with van der Waals surface area (Å²) in [6.45, 7) is 3.79. The first-order valence-electron chi connectivity index (χ1n) is 8.92. The normalized spacial score (nSPS) is 17.3. The summed E-state index contributed by atoms with van der Waals surface area (Å²) >= 11 is 0. The van der Waals surface area contributed by atoms with Gasteiger partial charge in [-0.1, -0.05) is 48.5 Å². The van der Waals surface area contributed by atoms with Gasteiger partial charge in [0.25, 0.3) is 0 Å². The highest BCUT2D eigenvalue weighted by atomic mass is 16.2. The molecule has 3 nitrogen and oxygen atoms in total. The van der Waals surface area contributed by atoms with Crippen LogP contribution in [0.3, 0.4) is 0 Å². The molecule has 0 atom stereocenters. The number of hydrogen-bond acceptors (Lipinski definition) is 2. The molecule has 1 aliphatic heterocycles. The Kier molecular flexibility index (Phi) is 4.35. The third-order valence-corrected chi connectivity index (χ3v) is 5.05. The quantitative estimate of drug-likeness (QED) is 0.917. The van der Waals surface area contributed by atoms with Gasteiger partial charge in [-0.2, -0.15) is 0 Å². The monoisotopic (exact) mass is 320 g/mol. The molecule has 2 aliphatic rings. The predicted molar refractivity (Wildman–Crippen MR) is 95.3 cm³/mol. The van der Waals surface area contributed by atoms with E-state index in [1.165, 1.54) is 22.3 Å². The van der Waals surface area contributed by atoms with E-state index in [-0.39, 0.29) is 11.8 Å². The van der Waals surface area contributed by atoms with Gasteiger partial charge in [0.05, 0.1) is 0 Å². The fraction of sp³-hybridized carbons (Fsp3) is 0.381. The fourth-order valence-corrected chi connectivity index (χ4v) is 3.39. The van der Waals surface area contributed by atoms with Crippen LogP contribution in [0, 0.1) is 5.92 Å². The van der Waals surface area contributed by atoms with Crippen molar-refractivity contribution in [2.24, 2.45) is 5.92 Å². The molecule has 4 rings (SSSR count). The van der Waals surface area contributed by atoms with Crippen molar-refractivity contribution in [3.63, 3.8) is 0 Å². The number of carbonyl (C=O) groups excluding carboxylic acids is 1. The Morgan fingerprint density at radius 1 is 1.00 bits per heavy atom. The number of benzene rings is 2. The van der Waals surface area contributed by atoms with Crippen LogP contribution in [0.4, 0.5) is 0 Å². The highest BCUT2D eigenvalue weighted by molar-refractivity contribution is 5.80. The Morgan fingerprint density at radius 2 is 1.71 bits per heavy atom. The van der Waals surface area contributed by atoms with Crippen LogP contribution >= 0.6 is 0 Å². The number of hydrogen-bond donors (Lipinski definition) is 1. The Balaban J connectivity index is 1.31. The minimum atomic E-state index is 0.214. The van der Waals surface area contributed by atoms with Gasteiger partial charge >= 0.3 is 0 Å². The molecule has 1 fully saturated rings. The Hall–Kier alpha value is -2.13. The second-order valence-corrected chi connectivity index (χ2v) is 7.04. The molecule has 3 heteroatoms. The summed E-state index contributed by atoms with van der Waals surface area (Å²) in [4.78, 5) is 14.2. The Morgan fingerprint density at radius 3 is 2.46 bits per heavy atom. The van der Waals surface area contributed by atoms with Crippen LogP contribution < -0.4 is 5.32 Å². The van der Waals surface area contributed by atoms with Crippen LogP contribution in [0.1, 0.15) is 35.1 Å². The molecule has 1 heterocycles. The van der Waals surface area contributed by atoms with Crippen LogP contribution in [-0.4, -0.2) is 17.4 Å². The molecule has 1 aliphatic carbocycles. The van der Waals surface area contributed by atoms with Crippen molar-refractivity contribution < 1.29 is 4.79 Å². The van der Waals surface area contributed by atoms with E-state index in [2.05, 4.69) is 58.7 Å². The van der Waals surface area contributed by atoms with Gasteiger partial charge < -0.3 is 5.32 Å². The van der Waals surface area contributed by atoms with Crippen molar-refractivity contribution in [2.75, 3.05) is 6.54 Å². The average molecular weight is 320 g/mol. The van der Waals surface area contributed by atoms with Crippen LogP contribution in [0.5, 0.6) is 0 Å². The van der Waals surface area contributed by atoms with E-state index in [9.17, 15) is 4.79 Å². The zero-order valence-electron chi connectivity index (χ0n) is 14.0. The summed E-state index contributed by atoms with van der Waals surface area (Å²) in [6, 6.07) is 17.4. The second kappa shape index (κ2) is 6.78. The minimum Gasteiger partial charge on any atom is -0.352 e. The summed E-state index contributed by atoms with van der Waals surface area (Å²) < 4.78 is 0. The predicted octanol–water partition coefficient (Wildman–Crippen LogP) is 3.27. The van der Waals surface area contributed by atoms with E-state index >= 15 is 0 Å². The van der Waals surface area contributed by atoms with E-state index < -0.39 is 0 Å². The molecule has 2 aromatic carbocycles. The molecule has 2 aromatic rings. The summed E-state index contributed by atoms with van der Waals surface area (Å²) in [5.41, 5.74) is 5.47. The molecule has 0 saturated heterocycles. The van der Waals surface area contributed by atoms with Crippen LogP contribution in [0.15, 0.2) is 48.5 Å². The first-order chi connectivity index (χ1) is 11.8. The fourth-order valence-electron chi connectivity index (χ4n) is 3.39. The van der Waals surface area contributed by atoms with Gasteiger partial charge in [-0.05, 0) is 41.5 Å². The van der Waals surface area contributed by atoms with Crippen molar-refractivity contribution in [1.82, 2.24) is 10.2 Å². The van der Waals surface area contributed by atoms with Crippen LogP contribution in [0.25, 0.3) is 0 Å². The summed E-state index contributed by atoms with van der Waals surface area (Å²) in [5.74, 6) is 0.498. The number of rotatable bonds is 5.